The molecule has 0 spiro atoms. The predicted molar refractivity (Wildman–Crippen MR) is 133 cm³/mol. The fourth-order valence-corrected chi connectivity index (χ4v) is 4.82. The van der Waals surface area contributed by atoms with E-state index in [2.05, 4.69) is 31.0 Å². The summed E-state index contributed by atoms with van der Waals surface area (Å²) in [7, 11) is 0. The van der Waals surface area contributed by atoms with Crippen LogP contribution in [0.2, 0.25) is 0 Å². The van der Waals surface area contributed by atoms with Crippen LogP contribution in [0.1, 0.15) is 90.0 Å². The van der Waals surface area contributed by atoms with Crippen LogP contribution >= 0.6 is 0 Å². The second kappa shape index (κ2) is 12.5. The summed E-state index contributed by atoms with van der Waals surface area (Å²) in [4.78, 5) is 17.3. The lowest BCUT2D eigenvalue weighted by atomic mass is 9.69. The Bertz CT molecular complexity index is 904. The van der Waals surface area contributed by atoms with Gasteiger partial charge in [-0.3, -0.25) is 9.78 Å². The molecule has 0 saturated heterocycles. The van der Waals surface area contributed by atoms with Gasteiger partial charge in [0, 0.05) is 11.8 Å². The van der Waals surface area contributed by atoms with Crippen LogP contribution in [-0.4, -0.2) is 11.0 Å². The van der Waals surface area contributed by atoms with Gasteiger partial charge in [0.25, 0.3) is 0 Å². The minimum atomic E-state index is -0.246. The Hall–Kier alpha value is -2.67. The summed E-state index contributed by atoms with van der Waals surface area (Å²) in [5, 5.41) is 9.79. The van der Waals surface area contributed by atoms with Crippen molar-refractivity contribution >= 4 is 5.97 Å². The van der Waals surface area contributed by atoms with Gasteiger partial charge in [-0.05, 0) is 74.4 Å². The zero-order valence-corrected chi connectivity index (χ0v) is 20.3. The molecular formula is C29H38N2O2. The van der Waals surface area contributed by atoms with Gasteiger partial charge in [-0.15, -0.1) is 0 Å². The fourth-order valence-electron chi connectivity index (χ4n) is 4.82. The molecule has 4 heteroatoms. The molecule has 0 aliphatic heterocycles. The number of carbonyl (C=O) groups is 1. The van der Waals surface area contributed by atoms with Gasteiger partial charge in [-0.25, -0.2) is 0 Å². The number of pyridine rings is 1. The van der Waals surface area contributed by atoms with Gasteiger partial charge in [-0.1, -0.05) is 58.4 Å². The number of rotatable bonds is 11. The Morgan fingerprint density at radius 1 is 1.03 bits per heavy atom. The van der Waals surface area contributed by atoms with Crippen LogP contribution in [0.25, 0.3) is 11.3 Å². The monoisotopic (exact) mass is 446 g/mol. The summed E-state index contributed by atoms with van der Waals surface area (Å²) in [5.41, 5.74) is 2.93. The van der Waals surface area contributed by atoms with Crippen LogP contribution in [0.5, 0.6) is 5.75 Å². The van der Waals surface area contributed by atoms with Crippen molar-refractivity contribution in [2.75, 3.05) is 0 Å². The van der Waals surface area contributed by atoms with Gasteiger partial charge < -0.3 is 4.74 Å². The van der Waals surface area contributed by atoms with Gasteiger partial charge in [-0.2, -0.15) is 5.26 Å². The average molecular weight is 447 g/mol. The lowest BCUT2D eigenvalue weighted by molar-refractivity contribution is -0.140. The van der Waals surface area contributed by atoms with Crippen molar-refractivity contribution in [2.45, 2.75) is 90.9 Å². The van der Waals surface area contributed by atoms with Crippen molar-refractivity contribution in [1.82, 2.24) is 4.98 Å². The first-order valence-corrected chi connectivity index (χ1v) is 12.8. The first-order valence-electron chi connectivity index (χ1n) is 12.8. The molecule has 1 aromatic carbocycles. The molecule has 0 amide bonds. The second-order valence-electron chi connectivity index (χ2n) is 9.58. The molecule has 0 atom stereocenters. The molecule has 176 valence electrons. The number of aryl methyl sites for hydroxylation is 1. The number of unbranched alkanes of at least 4 members (excludes halogenated alkanes) is 4. The Labute approximate surface area is 199 Å². The first-order chi connectivity index (χ1) is 16.1. The van der Waals surface area contributed by atoms with Gasteiger partial charge in [0.2, 0.25) is 0 Å². The van der Waals surface area contributed by atoms with E-state index in [1.165, 1.54) is 31.2 Å². The Morgan fingerprint density at radius 3 is 2.36 bits per heavy atom. The second-order valence-corrected chi connectivity index (χ2v) is 9.58. The van der Waals surface area contributed by atoms with Gasteiger partial charge in [0.1, 0.15) is 5.75 Å². The zero-order chi connectivity index (χ0) is 23.5. The summed E-state index contributed by atoms with van der Waals surface area (Å²) < 4.78 is 5.68. The molecule has 1 aliphatic rings. The first kappa shape index (κ1) is 25.0. The number of hydrogen-bond acceptors (Lipinski definition) is 4. The van der Waals surface area contributed by atoms with E-state index in [1.54, 1.807) is 0 Å². The lowest BCUT2D eigenvalue weighted by Crippen LogP contribution is -2.31. The summed E-state index contributed by atoms with van der Waals surface area (Å²) in [6, 6.07) is 14.3. The third-order valence-corrected chi connectivity index (χ3v) is 7.00. The summed E-state index contributed by atoms with van der Waals surface area (Å²) in [5.74, 6) is 0.290. The van der Waals surface area contributed by atoms with Crippen LogP contribution in [0.4, 0.5) is 0 Å². The average Bonchev–Trinajstić information content (AvgIpc) is 2.85. The Morgan fingerprint density at radius 2 is 1.76 bits per heavy atom. The van der Waals surface area contributed by atoms with Crippen molar-refractivity contribution < 1.29 is 9.53 Å². The lowest BCUT2D eigenvalue weighted by Gasteiger charge is -2.34. The number of nitriles is 1. The van der Waals surface area contributed by atoms with Crippen molar-refractivity contribution in [1.29, 1.82) is 5.26 Å². The van der Waals surface area contributed by atoms with E-state index >= 15 is 0 Å². The van der Waals surface area contributed by atoms with Crippen molar-refractivity contribution in [2.24, 2.45) is 11.3 Å². The van der Waals surface area contributed by atoms with E-state index in [1.807, 2.05) is 36.5 Å². The molecule has 4 nitrogen and oxygen atoms in total. The van der Waals surface area contributed by atoms with Gasteiger partial charge in [0.15, 0.2) is 0 Å². The molecule has 33 heavy (non-hydrogen) atoms. The van der Waals surface area contributed by atoms with Crippen LogP contribution in [-0.2, 0) is 11.2 Å². The molecule has 0 N–H and O–H groups in total. The van der Waals surface area contributed by atoms with Gasteiger partial charge in [0.05, 0.1) is 23.1 Å². The largest absolute Gasteiger partial charge is 0.426 e. The number of nitrogens with zero attached hydrogens (tertiary/aromatic N) is 2. The number of esters is 1. The maximum atomic E-state index is 12.7. The molecule has 1 heterocycles. The normalized spacial score (nSPS) is 20.2. The predicted octanol–water partition coefficient (Wildman–Crippen LogP) is 7.67. The number of aromatic nitrogens is 1. The minimum Gasteiger partial charge on any atom is -0.426 e. The summed E-state index contributed by atoms with van der Waals surface area (Å²) in [6.07, 6.45) is 14.2. The molecular weight excluding hydrogens is 408 g/mol. The van der Waals surface area contributed by atoms with Crippen LogP contribution in [0.15, 0.2) is 42.6 Å². The number of benzene rings is 1. The highest BCUT2D eigenvalue weighted by Crippen LogP contribution is 2.42. The number of hydrogen-bond donors (Lipinski definition) is 0. The van der Waals surface area contributed by atoms with E-state index < -0.39 is 0 Å². The maximum Gasteiger partial charge on any atom is 0.314 e. The fraction of sp³-hybridized carbons (Fsp3) is 0.552. The smallest absolute Gasteiger partial charge is 0.314 e. The molecule has 1 saturated carbocycles. The molecule has 1 fully saturated rings. The van der Waals surface area contributed by atoms with Crippen molar-refractivity contribution in [3.05, 3.63) is 48.2 Å². The van der Waals surface area contributed by atoms with E-state index in [0.29, 0.717) is 5.75 Å². The van der Waals surface area contributed by atoms with Gasteiger partial charge >= 0.3 is 5.97 Å². The van der Waals surface area contributed by atoms with Crippen molar-refractivity contribution in [3.8, 4) is 23.1 Å². The molecule has 1 aliphatic carbocycles. The Balaban J connectivity index is 1.49. The molecule has 0 unspecified atom stereocenters. The third-order valence-electron chi connectivity index (χ3n) is 7.00. The molecule has 0 bridgehead atoms. The highest BCUT2D eigenvalue weighted by atomic mass is 16.5. The summed E-state index contributed by atoms with van der Waals surface area (Å²) >= 11 is 0. The standard InChI is InChI=1S/C29H38N2O2/c1-3-5-6-7-8-18-29(22-30)19-16-25(17-20-29)28(32)33-26-13-11-24(12-14-26)27-15-10-23(9-4-2)21-31-27/h10-15,21,25H,3-9,16-20H2,1-2H3/t25-,29-. The highest BCUT2D eigenvalue weighted by Gasteiger charge is 2.37. The molecule has 2 aromatic rings. The van der Waals surface area contributed by atoms with E-state index in [9.17, 15) is 10.1 Å². The maximum absolute atomic E-state index is 12.7. The Kier molecular flexibility index (Phi) is 9.48. The zero-order valence-electron chi connectivity index (χ0n) is 20.3. The third kappa shape index (κ3) is 7.16. The van der Waals surface area contributed by atoms with E-state index in [-0.39, 0.29) is 17.3 Å². The summed E-state index contributed by atoms with van der Waals surface area (Å²) in [6.45, 7) is 4.38. The number of carbonyl (C=O) groups excluding carboxylic acids is 1. The van der Waals surface area contributed by atoms with Crippen molar-refractivity contribution in [3.63, 3.8) is 0 Å². The van der Waals surface area contributed by atoms with Crippen LogP contribution < -0.4 is 4.74 Å². The topological polar surface area (TPSA) is 63.0 Å². The van der Waals surface area contributed by atoms with Crippen LogP contribution in [0, 0.1) is 22.7 Å². The van der Waals surface area contributed by atoms with Crippen LogP contribution in [0.3, 0.4) is 0 Å². The molecule has 3 rings (SSSR count). The SMILES string of the molecule is CCCCCCC[C@]1(C#N)CC[C@H](C(=O)Oc2ccc(-c3ccc(CCC)cn3)cc2)CC1. The van der Waals surface area contributed by atoms with E-state index in [4.69, 9.17) is 4.74 Å². The quantitative estimate of drug-likeness (QED) is 0.202. The molecule has 0 radical (unpaired) electrons. The minimum absolute atomic E-state index is 0.112. The molecule has 1 aromatic heterocycles. The van der Waals surface area contributed by atoms with E-state index in [0.717, 1.165) is 62.6 Å². The number of ether oxygens (including phenoxy) is 1. The highest BCUT2D eigenvalue weighted by molar-refractivity contribution is 5.75.